The Bertz CT molecular complexity index is 345. The second kappa shape index (κ2) is 5.46. The third-order valence-corrected chi connectivity index (χ3v) is 3.00. The lowest BCUT2D eigenvalue weighted by Crippen LogP contribution is -2.39. The van der Waals surface area contributed by atoms with Gasteiger partial charge in [0.15, 0.2) is 0 Å². The van der Waals surface area contributed by atoms with Gasteiger partial charge >= 0.3 is 0 Å². The summed E-state index contributed by atoms with van der Waals surface area (Å²) in [6.45, 7) is 9.58. The smallest absolute Gasteiger partial charge is 0.0448 e. The van der Waals surface area contributed by atoms with Gasteiger partial charge in [0.05, 0.1) is 0 Å². The Morgan fingerprint density at radius 1 is 1.25 bits per heavy atom. The highest BCUT2D eigenvalue weighted by Gasteiger charge is 2.15. The number of aliphatic hydroxyl groups is 1. The van der Waals surface area contributed by atoms with Crippen LogP contribution in [-0.2, 0) is 6.54 Å². The second-order valence-electron chi connectivity index (χ2n) is 5.14. The Labute approximate surface area is 98.7 Å². The first-order chi connectivity index (χ1) is 7.44. The van der Waals surface area contributed by atoms with Crippen LogP contribution < -0.4 is 5.32 Å². The monoisotopic (exact) mass is 221 g/mol. The van der Waals surface area contributed by atoms with Crippen LogP contribution in [0.1, 0.15) is 37.0 Å². The van der Waals surface area contributed by atoms with Crippen LogP contribution in [0.4, 0.5) is 0 Å². The van der Waals surface area contributed by atoms with E-state index in [2.05, 4.69) is 51.2 Å². The first-order valence-corrected chi connectivity index (χ1v) is 5.86. The molecule has 0 radical (unpaired) electrons. The van der Waals surface area contributed by atoms with E-state index in [0.29, 0.717) is 0 Å². The third-order valence-electron chi connectivity index (χ3n) is 3.00. The molecule has 16 heavy (non-hydrogen) atoms. The molecule has 0 aliphatic carbocycles. The molecule has 0 aliphatic rings. The quantitative estimate of drug-likeness (QED) is 0.801. The summed E-state index contributed by atoms with van der Waals surface area (Å²) in [4.78, 5) is 0. The molecule has 0 bridgehead atoms. The van der Waals surface area contributed by atoms with Crippen LogP contribution in [-0.4, -0.2) is 17.3 Å². The van der Waals surface area contributed by atoms with Gasteiger partial charge in [0, 0.05) is 18.7 Å². The molecule has 1 rings (SSSR count). The Hall–Kier alpha value is -0.860. The number of hydrogen-bond donors (Lipinski definition) is 2. The van der Waals surface area contributed by atoms with Crippen molar-refractivity contribution in [2.45, 2.75) is 46.2 Å². The highest BCUT2D eigenvalue weighted by Crippen LogP contribution is 2.13. The average Bonchev–Trinajstić information content (AvgIpc) is 2.19. The van der Waals surface area contributed by atoms with Gasteiger partial charge in [0.1, 0.15) is 0 Å². The zero-order chi connectivity index (χ0) is 12.2. The van der Waals surface area contributed by atoms with Crippen LogP contribution >= 0.6 is 0 Å². The average molecular weight is 221 g/mol. The van der Waals surface area contributed by atoms with Gasteiger partial charge in [-0.05, 0) is 45.2 Å². The SMILES string of the molecule is Cc1ccc(C)c(CNC(C)(C)CCO)c1. The third kappa shape index (κ3) is 3.95. The summed E-state index contributed by atoms with van der Waals surface area (Å²) < 4.78 is 0. The van der Waals surface area contributed by atoms with Gasteiger partial charge in [-0.25, -0.2) is 0 Å². The minimum atomic E-state index is -0.00899. The van der Waals surface area contributed by atoms with E-state index >= 15 is 0 Å². The predicted octanol–water partition coefficient (Wildman–Crippen LogP) is 2.55. The highest BCUT2D eigenvalue weighted by atomic mass is 16.3. The number of nitrogens with one attached hydrogen (secondary N) is 1. The molecule has 1 aromatic carbocycles. The van der Waals surface area contributed by atoms with Crippen LogP contribution in [0.5, 0.6) is 0 Å². The zero-order valence-corrected chi connectivity index (χ0v) is 10.8. The van der Waals surface area contributed by atoms with Crippen molar-refractivity contribution in [3.63, 3.8) is 0 Å². The molecule has 1 aromatic rings. The zero-order valence-electron chi connectivity index (χ0n) is 10.8. The maximum absolute atomic E-state index is 8.96. The van der Waals surface area contributed by atoms with Crippen molar-refractivity contribution < 1.29 is 5.11 Å². The number of rotatable bonds is 5. The molecule has 0 aliphatic heterocycles. The molecule has 0 spiro atoms. The summed E-state index contributed by atoms with van der Waals surface area (Å²) in [5, 5.41) is 12.4. The molecule has 0 aromatic heterocycles. The fraction of sp³-hybridized carbons (Fsp3) is 0.571. The van der Waals surface area contributed by atoms with Crippen molar-refractivity contribution in [3.05, 3.63) is 34.9 Å². The van der Waals surface area contributed by atoms with Gasteiger partial charge in [0.2, 0.25) is 0 Å². The Balaban J connectivity index is 2.63. The molecule has 2 nitrogen and oxygen atoms in total. The van der Waals surface area contributed by atoms with Crippen molar-refractivity contribution in [1.29, 1.82) is 0 Å². The van der Waals surface area contributed by atoms with E-state index in [0.717, 1.165) is 13.0 Å². The molecule has 0 saturated heterocycles. The molecular weight excluding hydrogens is 198 g/mol. The molecule has 0 unspecified atom stereocenters. The van der Waals surface area contributed by atoms with E-state index in [1.807, 2.05) is 0 Å². The normalized spacial score (nSPS) is 11.8. The first-order valence-electron chi connectivity index (χ1n) is 5.86. The molecule has 0 amide bonds. The van der Waals surface area contributed by atoms with Crippen molar-refractivity contribution in [1.82, 2.24) is 5.32 Å². The van der Waals surface area contributed by atoms with Crippen LogP contribution in [0.15, 0.2) is 18.2 Å². The van der Waals surface area contributed by atoms with E-state index in [1.54, 1.807) is 0 Å². The van der Waals surface area contributed by atoms with Gasteiger partial charge in [0.25, 0.3) is 0 Å². The number of aryl methyl sites for hydroxylation is 2. The maximum atomic E-state index is 8.96. The molecule has 0 heterocycles. The predicted molar refractivity (Wildman–Crippen MR) is 68.5 cm³/mol. The fourth-order valence-electron chi connectivity index (χ4n) is 1.69. The van der Waals surface area contributed by atoms with E-state index < -0.39 is 0 Å². The highest BCUT2D eigenvalue weighted by molar-refractivity contribution is 5.30. The van der Waals surface area contributed by atoms with Crippen LogP contribution in [0.2, 0.25) is 0 Å². The van der Waals surface area contributed by atoms with E-state index in [9.17, 15) is 0 Å². The van der Waals surface area contributed by atoms with Crippen LogP contribution in [0.3, 0.4) is 0 Å². The molecule has 90 valence electrons. The lowest BCUT2D eigenvalue weighted by molar-refractivity contribution is 0.230. The number of benzene rings is 1. The van der Waals surface area contributed by atoms with Gasteiger partial charge in [-0.15, -0.1) is 0 Å². The van der Waals surface area contributed by atoms with E-state index in [-0.39, 0.29) is 12.1 Å². The Morgan fingerprint density at radius 2 is 1.94 bits per heavy atom. The Morgan fingerprint density at radius 3 is 2.56 bits per heavy atom. The van der Waals surface area contributed by atoms with Crippen molar-refractivity contribution >= 4 is 0 Å². The van der Waals surface area contributed by atoms with Crippen LogP contribution in [0, 0.1) is 13.8 Å². The summed E-state index contributed by atoms with van der Waals surface area (Å²) in [7, 11) is 0. The molecular formula is C14H23NO. The fourth-order valence-corrected chi connectivity index (χ4v) is 1.69. The molecule has 0 saturated carbocycles. The number of hydrogen-bond acceptors (Lipinski definition) is 2. The minimum absolute atomic E-state index is 0.00899. The Kier molecular flexibility index (Phi) is 4.51. The standard InChI is InChI=1S/C14H23NO/c1-11-5-6-12(2)13(9-11)10-15-14(3,4)7-8-16/h5-6,9,15-16H,7-8,10H2,1-4H3. The second-order valence-corrected chi connectivity index (χ2v) is 5.14. The van der Waals surface area contributed by atoms with Gasteiger partial charge in [-0.2, -0.15) is 0 Å². The lowest BCUT2D eigenvalue weighted by Gasteiger charge is -2.26. The van der Waals surface area contributed by atoms with Gasteiger partial charge < -0.3 is 10.4 Å². The number of aliphatic hydroxyl groups excluding tert-OH is 1. The maximum Gasteiger partial charge on any atom is 0.0448 e. The van der Waals surface area contributed by atoms with Crippen molar-refractivity contribution in [2.24, 2.45) is 0 Å². The summed E-state index contributed by atoms with van der Waals surface area (Å²) in [6.07, 6.45) is 0.776. The molecule has 0 fully saturated rings. The summed E-state index contributed by atoms with van der Waals surface area (Å²) in [6, 6.07) is 6.51. The minimum Gasteiger partial charge on any atom is -0.396 e. The van der Waals surface area contributed by atoms with E-state index in [1.165, 1.54) is 16.7 Å². The lowest BCUT2D eigenvalue weighted by atomic mass is 9.99. The van der Waals surface area contributed by atoms with Crippen molar-refractivity contribution in [3.8, 4) is 0 Å². The summed E-state index contributed by atoms with van der Waals surface area (Å²) in [5.74, 6) is 0. The molecule has 2 heteroatoms. The topological polar surface area (TPSA) is 32.3 Å². The largest absolute Gasteiger partial charge is 0.396 e. The van der Waals surface area contributed by atoms with Crippen LogP contribution in [0.25, 0.3) is 0 Å². The molecule has 0 atom stereocenters. The molecule has 2 N–H and O–H groups in total. The van der Waals surface area contributed by atoms with Gasteiger partial charge in [-0.1, -0.05) is 23.8 Å². The first kappa shape index (κ1) is 13.2. The summed E-state index contributed by atoms with van der Waals surface area (Å²) >= 11 is 0. The van der Waals surface area contributed by atoms with Crippen molar-refractivity contribution in [2.75, 3.05) is 6.61 Å². The van der Waals surface area contributed by atoms with Gasteiger partial charge in [-0.3, -0.25) is 0 Å². The van der Waals surface area contributed by atoms with E-state index in [4.69, 9.17) is 5.11 Å². The summed E-state index contributed by atoms with van der Waals surface area (Å²) in [5.41, 5.74) is 3.94.